The highest BCUT2D eigenvalue weighted by Crippen LogP contribution is 2.22. The number of hydrogen-bond donors (Lipinski definition) is 1. The normalized spacial score (nSPS) is 11.9. The number of nitrogens with zero attached hydrogens (tertiary/aromatic N) is 2. The van der Waals surface area contributed by atoms with Gasteiger partial charge in [-0.1, -0.05) is 18.2 Å². The minimum absolute atomic E-state index is 0.134. The summed E-state index contributed by atoms with van der Waals surface area (Å²) in [4.78, 5) is 0.957. The van der Waals surface area contributed by atoms with Crippen molar-refractivity contribution in [3.05, 3.63) is 60.2 Å². The zero-order chi connectivity index (χ0) is 19.9. The third-order valence-electron chi connectivity index (χ3n) is 3.41. The zero-order valence-electron chi connectivity index (χ0n) is 14.7. The number of benzene rings is 2. The van der Waals surface area contributed by atoms with E-state index >= 15 is 0 Å². The quantitative estimate of drug-likeness (QED) is 0.307. The Morgan fingerprint density at radius 2 is 1.74 bits per heavy atom. The Hall–Kier alpha value is -2.74. The summed E-state index contributed by atoms with van der Waals surface area (Å²) in [6, 6.07) is 13.8. The standard InChI is InChI=1S/C19H18F3N3OS/c1-26-16-8-3-14(4-9-16)5-12-18(23)25(24-13-19(20,21)22)15-6-10-17(27-2)11-7-15/h3-13,23H,1-2H3/b12-5+,23-18?,24-13+. The molecule has 0 spiro atoms. The topological polar surface area (TPSA) is 48.7 Å². The Morgan fingerprint density at radius 1 is 1.11 bits per heavy atom. The summed E-state index contributed by atoms with van der Waals surface area (Å²) in [6.07, 6.45) is 0.197. The number of rotatable bonds is 6. The van der Waals surface area contributed by atoms with Gasteiger partial charge in [-0.2, -0.15) is 18.3 Å². The fourth-order valence-corrected chi connectivity index (χ4v) is 2.48. The molecule has 142 valence electrons. The second-order valence-corrected chi connectivity index (χ2v) is 6.17. The van der Waals surface area contributed by atoms with Gasteiger partial charge < -0.3 is 4.74 Å². The van der Waals surface area contributed by atoms with Crippen LogP contribution in [-0.2, 0) is 0 Å². The van der Waals surface area contributed by atoms with E-state index in [2.05, 4.69) is 5.10 Å². The number of anilines is 1. The zero-order valence-corrected chi connectivity index (χ0v) is 15.5. The average molecular weight is 393 g/mol. The largest absolute Gasteiger partial charge is 0.497 e. The molecule has 8 heteroatoms. The highest BCUT2D eigenvalue weighted by atomic mass is 32.2. The fraction of sp³-hybridized carbons (Fsp3) is 0.158. The van der Waals surface area contributed by atoms with Crippen molar-refractivity contribution < 1.29 is 17.9 Å². The molecule has 27 heavy (non-hydrogen) atoms. The number of hydrogen-bond acceptors (Lipinski definition) is 4. The number of amidine groups is 1. The molecule has 0 saturated carbocycles. The molecule has 0 radical (unpaired) electrons. The number of alkyl halides is 3. The van der Waals surface area contributed by atoms with Crippen molar-refractivity contribution in [2.24, 2.45) is 5.10 Å². The molecule has 0 aliphatic rings. The van der Waals surface area contributed by atoms with Gasteiger partial charge in [-0.15, -0.1) is 11.8 Å². The van der Waals surface area contributed by atoms with E-state index in [0.29, 0.717) is 11.4 Å². The summed E-state index contributed by atoms with van der Waals surface area (Å²) in [6.45, 7) is 0. The second-order valence-electron chi connectivity index (χ2n) is 5.29. The van der Waals surface area contributed by atoms with Crippen molar-refractivity contribution in [2.45, 2.75) is 11.1 Å². The van der Waals surface area contributed by atoms with Gasteiger partial charge in [-0.25, -0.2) is 5.01 Å². The third kappa shape index (κ3) is 6.49. The molecule has 0 bridgehead atoms. The number of nitrogens with one attached hydrogen (secondary N) is 1. The van der Waals surface area contributed by atoms with Crippen molar-refractivity contribution in [2.75, 3.05) is 18.4 Å². The van der Waals surface area contributed by atoms with Crippen LogP contribution in [0.2, 0.25) is 0 Å². The smallest absolute Gasteiger partial charge is 0.428 e. The third-order valence-corrected chi connectivity index (χ3v) is 4.16. The van der Waals surface area contributed by atoms with E-state index in [0.717, 1.165) is 15.5 Å². The number of ether oxygens (including phenoxy) is 1. The maximum atomic E-state index is 12.6. The molecule has 0 heterocycles. The number of halogens is 3. The SMILES string of the molecule is COc1ccc(/C=C/C(=N)N(/N=C/C(F)(F)F)c2ccc(SC)cc2)cc1. The molecule has 2 aromatic rings. The van der Waals surface area contributed by atoms with Crippen LogP contribution in [0.5, 0.6) is 5.75 Å². The van der Waals surface area contributed by atoms with E-state index in [1.807, 2.05) is 6.26 Å². The summed E-state index contributed by atoms with van der Waals surface area (Å²) in [7, 11) is 1.55. The molecule has 0 amide bonds. The Labute approximate surface area is 159 Å². The molecule has 2 rings (SSSR count). The van der Waals surface area contributed by atoms with Crippen molar-refractivity contribution in [3.8, 4) is 5.75 Å². The summed E-state index contributed by atoms with van der Waals surface area (Å²) < 4.78 is 42.7. The minimum atomic E-state index is -4.57. The highest BCUT2D eigenvalue weighted by Gasteiger charge is 2.25. The van der Waals surface area contributed by atoms with E-state index in [4.69, 9.17) is 10.1 Å². The molecule has 0 saturated heterocycles. The Morgan fingerprint density at radius 3 is 2.26 bits per heavy atom. The van der Waals surface area contributed by atoms with Gasteiger partial charge in [0.25, 0.3) is 0 Å². The lowest BCUT2D eigenvalue weighted by molar-refractivity contribution is -0.0537. The van der Waals surface area contributed by atoms with Crippen molar-refractivity contribution in [1.29, 1.82) is 5.41 Å². The van der Waals surface area contributed by atoms with E-state index in [9.17, 15) is 13.2 Å². The molecule has 0 aliphatic carbocycles. The van der Waals surface area contributed by atoms with Gasteiger partial charge in [0.15, 0.2) is 0 Å². The summed E-state index contributed by atoms with van der Waals surface area (Å²) in [5.41, 5.74) is 1.13. The summed E-state index contributed by atoms with van der Waals surface area (Å²) in [5.74, 6) is 0.482. The fourth-order valence-electron chi connectivity index (χ4n) is 2.08. The van der Waals surface area contributed by atoms with E-state index in [1.165, 1.54) is 17.8 Å². The highest BCUT2D eigenvalue weighted by molar-refractivity contribution is 7.98. The van der Waals surface area contributed by atoms with Crippen LogP contribution in [0.15, 0.2) is 64.6 Å². The Kier molecular flexibility index (Phi) is 7.06. The maximum Gasteiger partial charge on any atom is 0.428 e. The molecule has 2 aromatic carbocycles. The lowest BCUT2D eigenvalue weighted by atomic mass is 10.2. The van der Waals surface area contributed by atoms with E-state index in [-0.39, 0.29) is 12.1 Å². The molecule has 0 aliphatic heterocycles. The lowest BCUT2D eigenvalue weighted by Crippen LogP contribution is -2.25. The van der Waals surface area contributed by atoms with Gasteiger partial charge in [0.1, 0.15) is 17.8 Å². The van der Waals surface area contributed by atoms with Crippen LogP contribution in [0.1, 0.15) is 5.56 Å². The van der Waals surface area contributed by atoms with Crippen LogP contribution in [0.25, 0.3) is 6.08 Å². The van der Waals surface area contributed by atoms with Crippen molar-refractivity contribution in [1.82, 2.24) is 0 Å². The summed E-state index contributed by atoms with van der Waals surface area (Å²) in [5, 5.41) is 12.5. The van der Waals surface area contributed by atoms with Crippen LogP contribution < -0.4 is 9.75 Å². The van der Waals surface area contributed by atoms with Gasteiger partial charge in [0.2, 0.25) is 0 Å². The Balaban J connectivity index is 2.25. The molecular formula is C19H18F3N3OS. The van der Waals surface area contributed by atoms with Gasteiger partial charge in [0, 0.05) is 4.90 Å². The second kappa shape index (κ2) is 9.27. The van der Waals surface area contributed by atoms with E-state index in [1.54, 1.807) is 61.7 Å². The lowest BCUT2D eigenvalue weighted by Gasteiger charge is -2.18. The van der Waals surface area contributed by atoms with Crippen LogP contribution in [0.3, 0.4) is 0 Å². The van der Waals surface area contributed by atoms with Crippen LogP contribution in [0, 0.1) is 5.41 Å². The average Bonchev–Trinajstić information content (AvgIpc) is 2.66. The first-order valence-corrected chi connectivity index (χ1v) is 9.01. The molecular weight excluding hydrogens is 375 g/mol. The van der Waals surface area contributed by atoms with Gasteiger partial charge in [-0.05, 0) is 54.3 Å². The molecule has 0 unspecified atom stereocenters. The summed E-state index contributed by atoms with van der Waals surface area (Å²) >= 11 is 1.51. The Bertz CT molecular complexity index is 816. The maximum absolute atomic E-state index is 12.6. The first-order valence-electron chi connectivity index (χ1n) is 7.79. The van der Waals surface area contributed by atoms with Crippen molar-refractivity contribution >= 4 is 35.6 Å². The van der Waals surface area contributed by atoms with Gasteiger partial charge in [0.05, 0.1) is 12.8 Å². The van der Waals surface area contributed by atoms with Crippen LogP contribution in [0.4, 0.5) is 18.9 Å². The number of methoxy groups -OCH3 is 1. The molecule has 1 N–H and O–H groups in total. The van der Waals surface area contributed by atoms with Crippen LogP contribution >= 0.6 is 11.8 Å². The molecule has 0 aromatic heterocycles. The van der Waals surface area contributed by atoms with Gasteiger partial charge >= 0.3 is 6.18 Å². The number of hydrazone groups is 1. The molecule has 4 nitrogen and oxygen atoms in total. The molecule has 0 fully saturated rings. The first kappa shape index (κ1) is 20.6. The predicted molar refractivity (Wildman–Crippen MR) is 105 cm³/mol. The van der Waals surface area contributed by atoms with E-state index < -0.39 is 6.18 Å². The van der Waals surface area contributed by atoms with Crippen molar-refractivity contribution in [3.63, 3.8) is 0 Å². The number of thioether (sulfide) groups is 1. The predicted octanol–water partition coefficient (Wildman–Crippen LogP) is 5.46. The first-order chi connectivity index (χ1) is 12.8. The minimum Gasteiger partial charge on any atom is -0.497 e. The molecule has 0 atom stereocenters. The van der Waals surface area contributed by atoms with Crippen LogP contribution in [-0.4, -0.2) is 31.6 Å². The monoisotopic (exact) mass is 393 g/mol. The van der Waals surface area contributed by atoms with Gasteiger partial charge in [-0.3, -0.25) is 5.41 Å².